The quantitative estimate of drug-likeness (QED) is 0.498. The second-order valence-corrected chi connectivity index (χ2v) is 6.12. The summed E-state index contributed by atoms with van der Waals surface area (Å²) < 4.78 is 25.0. The third-order valence-corrected chi connectivity index (χ3v) is 4.10. The van der Waals surface area contributed by atoms with E-state index in [1.54, 1.807) is 6.92 Å². The lowest BCUT2D eigenvalue weighted by molar-refractivity contribution is -0.122. The minimum atomic E-state index is -3.25. The molecule has 0 radical (unpaired) electrons. The van der Waals surface area contributed by atoms with Crippen LogP contribution in [0.25, 0.3) is 0 Å². The summed E-state index contributed by atoms with van der Waals surface area (Å²) >= 11 is 0. The van der Waals surface area contributed by atoms with Crippen LogP contribution in [0.3, 0.4) is 0 Å². The van der Waals surface area contributed by atoms with Gasteiger partial charge in [-0.15, -0.1) is 0 Å². The number of sulfonamides is 1. The van der Waals surface area contributed by atoms with Crippen molar-refractivity contribution in [3.63, 3.8) is 0 Å². The average molecular weight is 278 g/mol. The zero-order valence-electron chi connectivity index (χ0n) is 10.7. The first-order chi connectivity index (χ1) is 8.53. The molecule has 1 saturated heterocycles. The minimum Gasteiger partial charge on any atom is -0.354 e. The van der Waals surface area contributed by atoms with Gasteiger partial charge in [-0.1, -0.05) is 6.92 Å². The van der Waals surface area contributed by atoms with Crippen LogP contribution in [0.4, 0.5) is 0 Å². The largest absolute Gasteiger partial charge is 0.354 e. The summed E-state index contributed by atoms with van der Waals surface area (Å²) in [7, 11) is -3.25. The maximum absolute atomic E-state index is 11.6. The topological polar surface area (TPSA) is 90.5 Å². The molecular weight excluding hydrogens is 256 g/mol. The summed E-state index contributed by atoms with van der Waals surface area (Å²) in [4.78, 5) is 13.6. The first-order valence-corrected chi connectivity index (χ1v) is 7.86. The van der Waals surface area contributed by atoms with Gasteiger partial charge >= 0.3 is 0 Å². The Kier molecular flexibility index (Phi) is 6.55. The van der Waals surface area contributed by atoms with E-state index in [4.69, 9.17) is 0 Å². The molecule has 106 valence electrons. The molecule has 0 aromatic heterocycles. The fourth-order valence-electron chi connectivity index (χ4n) is 1.75. The molecule has 0 bridgehead atoms. The molecule has 3 N–H and O–H groups in total. The predicted molar refractivity (Wildman–Crippen MR) is 69.8 cm³/mol. The van der Waals surface area contributed by atoms with E-state index in [-0.39, 0.29) is 18.2 Å². The van der Waals surface area contributed by atoms with Crippen molar-refractivity contribution >= 4 is 15.9 Å². The van der Waals surface area contributed by atoms with Crippen molar-refractivity contribution in [3.05, 3.63) is 0 Å². The Morgan fingerprint density at radius 1 is 1.33 bits per heavy atom. The maximum atomic E-state index is 11.6. The number of carbonyl (C=O) groups excluding carboxylic acids is 1. The van der Waals surface area contributed by atoms with Gasteiger partial charge in [0, 0.05) is 39.3 Å². The van der Waals surface area contributed by atoms with E-state index in [2.05, 4.69) is 15.4 Å². The molecule has 1 fully saturated rings. The molecule has 0 aromatic carbocycles. The van der Waals surface area contributed by atoms with Crippen molar-refractivity contribution in [3.8, 4) is 0 Å². The Morgan fingerprint density at radius 3 is 2.61 bits per heavy atom. The molecule has 0 aromatic rings. The van der Waals surface area contributed by atoms with Gasteiger partial charge in [0.1, 0.15) is 0 Å². The molecule has 7 nitrogen and oxygen atoms in total. The van der Waals surface area contributed by atoms with Gasteiger partial charge in [-0.3, -0.25) is 9.69 Å². The lowest BCUT2D eigenvalue weighted by Crippen LogP contribution is -2.48. The molecule has 18 heavy (non-hydrogen) atoms. The lowest BCUT2D eigenvalue weighted by Gasteiger charge is -2.26. The molecule has 1 rings (SSSR count). The van der Waals surface area contributed by atoms with Crippen molar-refractivity contribution in [1.82, 2.24) is 20.3 Å². The molecule has 1 amide bonds. The van der Waals surface area contributed by atoms with Gasteiger partial charge in [-0.25, -0.2) is 13.1 Å². The Bertz CT molecular complexity index is 352. The van der Waals surface area contributed by atoms with Gasteiger partial charge in [-0.2, -0.15) is 0 Å². The van der Waals surface area contributed by atoms with Crippen LogP contribution in [0.1, 0.15) is 6.92 Å². The number of amides is 1. The van der Waals surface area contributed by atoms with Crippen molar-refractivity contribution in [1.29, 1.82) is 0 Å². The summed E-state index contributed by atoms with van der Waals surface area (Å²) in [6.45, 7) is 6.07. The van der Waals surface area contributed by atoms with E-state index in [0.717, 1.165) is 26.2 Å². The predicted octanol–water partition coefficient (Wildman–Crippen LogP) is -2.05. The zero-order valence-corrected chi connectivity index (χ0v) is 11.6. The standard InChI is InChI=1S/C10H22N4O3S/c1-2-13-18(16,17)8-5-12-10(15)9-14-6-3-11-4-7-14/h11,13H,2-9H2,1H3,(H,12,15). The van der Waals surface area contributed by atoms with Gasteiger partial charge in [0.25, 0.3) is 0 Å². The Labute approximate surface area is 108 Å². The normalized spacial score (nSPS) is 17.6. The fraction of sp³-hybridized carbons (Fsp3) is 0.900. The van der Waals surface area contributed by atoms with Crippen LogP contribution < -0.4 is 15.4 Å². The smallest absolute Gasteiger partial charge is 0.234 e. The van der Waals surface area contributed by atoms with Gasteiger partial charge in [-0.05, 0) is 0 Å². The highest BCUT2D eigenvalue weighted by molar-refractivity contribution is 7.89. The molecule has 0 aliphatic carbocycles. The average Bonchev–Trinajstić information content (AvgIpc) is 2.29. The van der Waals surface area contributed by atoms with Gasteiger partial charge < -0.3 is 10.6 Å². The molecule has 0 atom stereocenters. The van der Waals surface area contributed by atoms with E-state index in [1.165, 1.54) is 0 Å². The van der Waals surface area contributed by atoms with Crippen LogP contribution >= 0.6 is 0 Å². The number of piperazine rings is 1. The van der Waals surface area contributed by atoms with Crippen LogP contribution in [0, 0.1) is 0 Å². The highest BCUT2D eigenvalue weighted by Crippen LogP contribution is 1.91. The highest BCUT2D eigenvalue weighted by Gasteiger charge is 2.14. The maximum Gasteiger partial charge on any atom is 0.234 e. The first-order valence-electron chi connectivity index (χ1n) is 6.20. The number of hydrogen-bond acceptors (Lipinski definition) is 5. The monoisotopic (exact) mass is 278 g/mol. The summed E-state index contributed by atoms with van der Waals surface area (Å²) in [6.07, 6.45) is 0. The molecule has 1 heterocycles. The summed E-state index contributed by atoms with van der Waals surface area (Å²) in [6, 6.07) is 0. The van der Waals surface area contributed by atoms with Crippen LogP contribution in [-0.2, 0) is 14.8 Å². The Hall–Kier alpha value is -0.700. The highest BCUT2D eigenvalue weighted by atomic mass is 32.2. The molecule has 1 aliphatic heterocycles. The third kappa shape index (κ3) is 6.29. The van der Waals surface area contributed by atoms with Crippen LogP contribution in [0.15, 0.2) is 0 Å². The van der Waals surface area contributed by atoms with Crippen molar-refractivity contribution in [2.24, 2.45) is 0 Å². The van der Waals surface area contributed by atoms with Crippen molar-refractivity contribution in [2.45, 2.75) is 6.92 Å². The number of nitrogens with zero attached hydrogens (tertiary/aromatic N) is 1. The number of rotatable bonds is 7. The van der Waals surface area contributed by atoms with E-state index >= 15 is 0 Å². The first kappa shape index (κ1) is 15.4. The molecule has 8 heteroatoms. The number of carbonyl (C=O) groups is 1. The lowest BCUT2D eigenvalue weighted by atomic mass is 10.3. The van der Waals surface area contributed by atoms with Crippen LogP contribution in [0.5, 0.6) is 0 Å². The van der Waals surface area contributed by atoms with Gasteiger partial charge in [0.05, 0.1) is 12.3 Å². The van der Waals surface area contributed by atoms with Crippen LogP contribution in [0.2, 0.25) is 0 Å². The number of nitrogens with one attached hydrogen (secondary N) is 3. The zero-order chi connectivity index (χ0) is 13.4. The SMILES string of the molecule is CCNS(=O)(=O)CCNC(=O)CN1CCNCC1. The van der Waals surface area contributed by atoms with E-state index in [1.807, 2.05) is 4.90 Å². The minimum absolute atomic E-state index is 0.0753. The van der Waals surface area contributed by atoms with E-state index in [0.29, 0.717) is 13.1 Å². The van der Waals surface area contributed by atoms with Crippen molar-refractivity contribution < 1.29 is 13.2 Å². The second-order valence-electron chi connectivity index (χ2n) is 4.19. The summed E-state index contributed by atoms with van der Waals surface area (Å²) in [5, 5.41) is 5.83. The molecule has 0 spiro atoms. The Balaban J connectivity index is 2.16. The summed E-state index contributed by atoms with van der Waals surface area (Å²) in [5.74, 6) is -0.197. The van der Waals surface area contributed by atoms with E-state index < -0.39 is 10.0 Å². The fourth-order valence-corrected chi connectivity index (χ4v) is 2.70. The Morgan fingerprint density at radius 2 is 2.00 bits per heavy atom. The van der Waals surface area contributed by atoms with Gasteiger partial charge in [0.2, 0.25) is 15.9 Å². The molecule has 0 unspecified atom stereocenters. The van der Waals surface area contributed by atoms with Gasteiger partial charge in [0.15, 0.2) is 0 Å². The second kappa shape index (κ2) is 7.67. The van der Waals surface area contributed by atoms with E-state index in [9.17, 15) is 13.2 Å². The third-order valence-electron chi connectivity index (χ3n) is 2.63. The molecular formula is C10H22N4O3S. The summed E-state index contributed by atoms with van der Waals surface area (Å²) in [5.41, 5.74) is 0. The van der Waals surface area contributed by atoms with Crippen LogP contribution in [-0.4, -0.2) is 70.8 Å². The van der Waals surface area contributed by atoms with Crippen molar-refractivity contribution in [2.75, 3.05) is 51.6 Å². The number of hydrogen-bond donors (Lipinski definition) is 3. The molecule has 0 saturated carbocycles. The molecule has 1 aliphatic rings.